The molecule has 0 aliphatic carbocycles. The predicted molar refractivity (Wildman–Crippen MR) is 59.6 cm³/mol. The molecule has 4 nitrogen and oxygen atoms in total. The second-order valence-electron chi connectivity index (χ2n) is 2.10. The van der Waals surface area contributed by atoms with Crippen LogP contribution in [0.15, 0.2) is 24.3 Å². The van der Waals surface area contributed by atoms with Crippen LogP contribution >= 0.6 is 19.5 Å². The molecule has 1 aromatic rings. The average Bonchev–Trinajstić information content (AvgIpc) is 2.21. The van der Waals surface area contributed by atoms with Crippen molar-refractivity contribution < 1.29 is 35.4 Å². The van der Waals surface area contributed by atoms with Crippen molar-refractivity contribution in [2.45, 2.75) is 6.92 Å². The van der Waals surface area contributed by atoms with Crippen LogP contribution in [0, 0.1) is 6.07 Å². The van der Waals surface area contributed by atoms with E-state index in [1.807, 2.05) is 19.5 Å². The molecule has 0 aliphatic rings. The van der Waals surface area contributed by atoms with Crippen molar-refractivity contribution in [2.24, 2.45) is 0 Å². The van der Waals surface area contributed by atoms with E-state index in [2.05, 4.69) is 21.7 Å². The number of carboxylic acid groups (broad SMARTS) is 2. The molecule has 0 fully saturated rings. The topological polar surface area (TPSA) is 74.6 Å². The van der Waals surface area contributed by atoms with Crippen LogP contribution in [-0.2, 0) is 20.4 Å². The number of benzene rings is 1. The monoisotopic (exact) mass is 414 g/mol. The molecule has 15 heavy (non-hydrogen) atoms. The average molecular weight is 414 g/mol. The number of hydrogen-bond donors (Lipinski definition) is 2. The molecule has 0 saturated heterocycles. The molecule has 0 atom stereocenters. The van der Waals surface area contributed by atoms with Gasteiger partial charge in [0.2, 0.25) is 5.97 Å². The Balaban J connectivity index is 0. The summed E-state index contributed by atoms with van der Waals surface area (Å²) in [6, 6.07) is 9.04. The van der Waals surface area contributed by atoms with E-state index in [9.17, 15) is 4.79 Å². The van der Waals surface area contributed by atoms with Crippen molar-refractivity contribution in [1.82, 2.24) is 0 Å². The van der Waals surface area contributed by atoms with E-state index in [1.165, 1.54) is 6.07 Å². The van der Waals surface area contributed by atoms with Gasteiger partial charge in [-0.15, -0.1) is 30.3 Å². The van der Waals surface area contributed by atoms with Crippen molar-refractivity contribution in [3.05, 3.63) is 35.9 Å². The molecule has 0 heterocycles. The molecule has 0 unspecified atom stereocenters. The van der Waals surface area contributed by atoms with Crippen LogP contribution in [0.4, 0.5) is 0 Å². The molecular formula is C9H9IO4Pd. The van der Waals surface area contributed by atoms with Crippen molar-refractivity contribution in [1.29, 1.82) is 0 Å². The third-order valence-electron chi connectivity index (χ3n) is 0.939. The molecule has 0 aromatic heterocycles. The number of carbonyl (C=O) groups is 2. The van der Waals surface area contributed by atoms with E-state index >= 15 is 0 Å². The first kappa shape index (κ1) is 17.0. The van der Waals surface area contributed by atoms with Gasteiger partial charge in [-0.3, -0.25) is 4.79 Å². The summed E-state index contributed by atoms with van der Waals surface area (Å²) in [6.07, 6.45) is 0. The number of aliphatic carboxylic acids is 1. The first-order valence-electron chi connectivity index (χ1n) is 3.55. The number of hydrogen-bond acceptors (Lipinski definition) is 2. The summed E-state index contributed by atoms with van der Waals surface area (Å²) in [5, 5.41) is 15.8. The zero-order chi connectivity index (χ0) is 12.3. The maximum atomic E-state index is 10.2. The van der Waals surface area contributed by atoms with Crippen LogP contribution in [-0.4, -0.2) is 22.2 Å². The summed E-state index contributed by atoms with van der Waals surface area (Å²) in [5.41, 5.74) is 0.206. The van der Waals surface area contributed by atoms with Gasteiger partial charge in [0.05, 0.1) is 0 Å². The molecule has 0 saturated carbocycles. The van der Waals surface area contributed by atoms with Crippen molar-refractivity contribution in [2.75, 3.05) is 0 Å². The van der Waals surface area contributed by atoms with Crippen LogP contribution < -0.4 is 0 Å². The van der Waals surface area contributed by atoms with E-state index in [-0.39, 0.29) is 5.56 Å². The van der Waals surface area contributed by atoms with Gasteiger partial charge in [-0.05, 0) is 0 Å². The van der Waals surface area contributed by atoms with Crippen molar-refractivity contribution in [3.63, 3.8) is 0 Å². The first-order valence-corrected chi connectivity index (χ1v) is 8.18. The Morgan fingerprint density at radius 1 is 1.33 bits per heavy atom. The molecule has 0 spiro atoms. The van der Waals surface area contributed by atoms with E-state index < -0.39 is 11.9 Å². The molecule has 0 bridgehead atoms. The predicted octanol–water partition coefficient (Wildman–Crippen LogP) is 2.16. The van der Waals surface area contributed by atoms with E-state index in [1.54, 1.807) is 18.2 Å². The summed E-state index contributed by atoms with van der Waals surface area (Å²) >= 11 is 4.72. The van der Waals surface area contributed by atoms with Gasteiger partial charge in [0, 0.05) is 6.92 Å². The van der Waals surface area contributed by atoms with Crippen LogP contribution in [0.2, 0.25) is 0 Å². The van der Waals surface area contributed by atoms with Gasteiger partial charge < -0.3 is 15.0 Å². The molecule has 1 aromatic carbocycles. The molecule has 0 amide bonds. The van der Waals surface area contributed by atoms with Gasteiger partial charge >= 0.3 is 35.1 Å². The maximum absolute atomic E-state index is 10.2. The Hall–Kier alpha value is -0.448. The van der Waals surface area contributed by atoms with Gasteiger partial charge in [-0.25, -0.2) is 0 Å². The Labute approximate surface area is 109 Å². The summed E-state index contributed by atoms with van der Waals surface area (Å²) < 4.78 is 0. The van der Waals surface area contributed by atoms with E-state index in [0.29, 0.717) is 0 Å². The van der Waals surface area contributed by atoms with Gasteiger partial charge in [0.25, 0.3) is 5.97 Å². The third-order valence-corrected chi connectivity index (χ3v) is 0.939. The standard InChI is InChI=1S/C7H5O2.C2H4O2.HI.Pd/c8-7(9)6-4-2-1-3-5-6;1-2(3)4;;/h1-4H,(H,8,9);1H3,(H,3,4);1H;/q-1;;;+2/p-1. The minimum absolute atomic E-state index is 0.206. The minimum atomic E-state index is -0.935. The number of rotatable bonds is 1. The first-order chi connectivity index (χ1) is 7.04. The summed E-state index contributed by atoms with van der Waals surface area (Å²) in [6.45, 7) is 1.08. The third kappa shape index (κ3) is 13.6. The zero-order valence-electron chi connectivity index (χ0n) is 7.71. The zero-order valence-corrected chi connectivity index (χ0v) is 11.4. The molecule has 0 aliphatic heterocycles. The van der Waals surface area contributed by atoms with Crippen LogP contribution in [0.5, 0.6) is 0 Å². The Bertz CT molecular complexity index is 285. The van der Waals surface area contributed by atoms with E-state index in [0.717, 1.165) is 6.92 Å². The van der Waals surface area contributed by atoms with Gasteiger partial charge in [-0.1, -0.05) is 5.56 Å². The van der Waals surface area contributed by atoms with Crippen molar-refractivity contribution >= 4 is 31.5 Å². The Kier molecular flexibility index (Phi) is 13.1. The number of aromatic carboxylic acids is 1. The van der Waals surface area contributed by atoms with Crippen LogP contribution in [0.1, 0.15) is 17.3 Å². The normalized spacial score (nSPS) is 7.47. The quantitative estimate of drug-likeness (QED) is 0.420. The van der Waals surface area contributed by atoms with Crippen LogP contribution in [0.25, 0.3) is 0 Å². The fourth-order valence-corrected chi connectivity index (χ4v) is 0.526. The summed E-state index contributed by atoms with van der Waals surface area (Å²) in [4.78, 5) is 19.2. The second kappa shape index (κ2) is 11.6. The van der Waals surface area contributed by atoms with Gasteiger partial charge in [0.1, 0.15) is 0 Å². The van der Waals surface area contributed by atoms with Gasteiger partial charge in [0.15, 0.2) is 0 Å². The number of halogens is 1. The van der Waals surface area contributed by atoms with Crippen molar-refractivity contribution in [3.8, 4) is 0 Å². The Morgan fingerprint density at radius 3 is 2.00 bits per heavy atom. The molecule has 86 valence electrons. The number of carboxylic acids is 2. The fraction of sp³-hybridized carbons (Fsp3) is 0.111. The van der Waals surface area contributed by atoms with E-state index in [4.69, 9.17) is 15.0 Å². The second-order valence-corrected chi connectivity index (χ2v) is 2.10. The molecular weight excluding hydrogens is 405 g/mol. The molecule has 0 radical (unpaired) electrons. The van der Waals surface area contributed by atoms with Gasteiger partial charge in [-0.2, -0.15) is 0 Å². The fourth-order valence-electron chi connectivity index (χ4n) is 0.526. The molecule has 2 N–H and O–H groups in total. The molecule has 1 rings (SSSR count). The Morgan fingerprint density at radius 2 is 1.80 bits per heavy atom. The summed E-state index contributed by atoms with van der Waals surface area (Å²) in [7, 11) is 0. The summed E-state index contributed by atoms with van der Waals surface area (Å²) in [5.74, 6) is -1.77. The molecule has 6 heteroatoms. The SMILES string of the molecule is CC(=O)O.O=C(O)c1[c-]cccc1.[Pd+][I]. The van der Waals surface area contributed by atoms with Crippen LogP contribution in [0.3, 0.4) is 0 Å².